The van der Waals surface area contributed by atoms with Crippen molar-refractivity contribution >= 4 is 23.0 Å². The fourth-order valence-corrected chi connectivity index (χ4v) is 3.53. The predicted molar refractivity (Wildman–Crippen MR) is 111 cm³/mol. The lowest BCUT2D eigenvalue weighted by Crippen LogP contribution is -2.12. The molecule has 0 saturated heterocycles. The first-order chi connectivity index (χ1) is 14.5. The fraction of sp³-hybridized carbons (Fsp3) is 0.238. The molecule has 3 aromatic rings. The number of hydrogen-bond donors (Lipinski definition) is 3. The highest BCUT2D eigenvalue weighted by Gasteiger charge is 2.20. The van der Waals surface area contributed by atoms with Gasteiger partial charge in [0.2, 0.25) is 5.95 Å². The number of imidazole rings is 1. The van der Waals surface area contributed by atoms with E-state index in [1.54, 1.807) is 42.9 Å². The van der Waals surface area contributed by atoms with Gasteiger partial charge in [-0.3, -0.25) is 4.40 Å². The number of aromatic nitrogens is 3. The van der Waals surface area contributed by atoms with Crippen LogP contribution in [0.25, 0.3) is 11.3 Å². The first-order valence-electron chi connectivity index (χ1n) is 9.42. The normalized spacial score (nSPS) is 12.9. The molecule has 152 valence electrons. The minimum atomic E-state index is -0.301. The third-order valence-corrected chi connectivity index (χ3v) is 4.89. The molecule has 30 heavy (non-hydrogen) atoms. The molecule has 0 unspecified atom stereocenters. The van der Waals surface area contributed by atoms with Gasteiger partial charge in [0, 0.05) is 48.7 Å². The van der Waals surface area contributed by atoms with Crippen LogP contribution in [0.15, 0.2) is 30.6 Å². The van der Waals surface area contributed by atoms with E-state index >= 15 is 0 Å². The number of nitriles is 1. The van der Waals surface area contributed by atoms with E-state index in [1.807, 2.05) is 6.07 Å². The molecule has 2 aromatic heterocycles. The quantitative estimate of drug-likeness (QED) is 0.544. The van der Waals surface area contributed by atoms with E-state index in [-0.39, 0.29) is 18.1 Å². The molecule has 8 nitrogen and oxygen atoms in total. The summed E-state index contributed by atoms with van der Waals surface area (Å²) < 4.78 is 21.6. The Balaban J connectivity index is 1.74. The molecule has 0 amide bonds. The predicted octanol–water partition coefficient (Wildman–Crippen LogP) is 2.89. The van der Waals surface area contributed by atoms with Gasteiger partial charge in [0.1, 0.15) is 17.6 Å². The molecule has 1 aliphatic rings. The number of ether oxygens (including phenoxy) is 1. The lowest BCUT2D eigenvalue weighted by molar-refractivity contribution is 0.356. The van der Waals surface area contributed by atoms with Gasteiger partial charge in [-0.2, -0.15) is 5.26 Å². The van der Waals surface area contributed by atoms with Gasteiger partial charge in [-0.05, 0) is 25.1 Å². The van der Waals surface area contributed by atoms with Gasteiger partial charge in [0.25, 0.3) is 0 Å². The van der Waals surface area contributed by atoms with E-state index in [9.17, 15) is 9.65 Å². The van der Waals surface area contributed by atoms with Crippen LogP contribution in [0.5, 0.6) is 5.75 Å². The van der Waals surface area contributed by atoms with Gasteiger partial charge >= 0.3 is 0 Å². The Kier molecular flexibility index (Phi) is 5.06. The molecule has 0 spiro atoms. The lowest BCUT2D eigenvalue weighted by Gasteiger charge is -2.14. The first-order valence-corrected chi connectivity index (χ1v) is 9.42. The molecule has 4 rings (SSSR count). The Morgan fingerprint density at radius 1 is 1.47 bits per heavy atom. The fourth-order valence-electron chi connectivity index (χ4n) is 3.53. The Morgan fingerprint density at radius 2 is 2.30 bits per heavy atom. The second kappa shape index (κ2) is 7.83. The molecule has 3 heterocycles. The van der Waals surface area contributed by atoms with E-state index in [4.69, 9.17) is 10.1 Å². The zero-order valence-electron chi connectivity index (χ0n) is 16.6. The van der Waals surface area contributed by atoms with Crippen molar-refractivity contribution in [3.05, 3.63) is 58.8 Å². The Labute approximate surface area is 172 Å². The summed E-state index contributed by atoms with van der Waals surface area (Å²) in [4.78, 5) is 8.84. The maximum Gasteiger partial charge on any atom is 0.208 e. The first kappa shape index (κ1) is 19.4. The monoisotopic (exact) mass is 405 g/mol. The third kappa shape index (κ3) is 3.43. The third-order valence-electron chi connectivity index (χ3n) is 4.89. The van der Waals surface area contributed by atoms with Crippen LogP contribution < -0.4 is 15.4 Å². The molecular formula is C21H20FN7O. The van der Waals surface area contributed by atoms with Gasteiger partial charge in [-0.25, -0.2) is 14.4 Å². The highest BCUT2D eigenvalue weighted by atomic mass is 19.1. The number of rotatable bonds is 6. The van der Waals surface area contributed by atoms with Gasteiger partial charge in [0.15, 0.2) is 11.3 Å². The second-order valence-corrected chi connectivity index (χ2v) is 6.87. The highest BCUT2D eigenvalue weighted by Crippen LogP contribution is 2.30. The molecule has 1 aliphatic heterocycles. The second-order valence-electron chi connectivity index (χ2n) is 6.87. The average Bonchev–Trinajstić information content (AvgIpc) is 3.38. The minimum Gasteiger partial charge on any atom is -0.493 e. The number of allylic oxidation sites excluding steroid dienone is 1. The summed E-state index contributed by atoms with van der Waals surface area (Å²) >= 11 is 0. The summed E-state index contributed by atoms with van der Waals surface area (Å²) in [6.07, 6.45) is 5.52. The molecule has 3 N–H and O–H groups in total. The molecule has 0 aliphatic carbocycles. The number of nitrogens with one attached hydrogen (secondary N) is 3. The van der Waals surface area contributed by atoms with E-state index in [0.29, 0.717) is 52.9 Å². The van der Waals surface area contributed by atoms with Gasteiger partial charge < -0.3 is 20.8 Å². The van der Waals surface area contributed by atoms with Crippen molar-refractivity contribution in [2.45, 2.75) is 19.9 Å². The zero-order valence-corrected chi connectivity index (χ0v) is 16.6. The van der Waals surface area contributed by atoms with Crippen molar-refractivity contribution in [1.82, 2.24) is 19.7 Å². The van der Waals surface area contributed by atoms with E-state index in [1.165, 1.54) is 6.07 Å². The van der Waals surface area contributed by atoms with Crippen LogP contribution in [0.4, 0.5) is 10.3 Å². The van der Waals surface area contributed by atoms with Crippen LogP contribution in [-0.4, -0.2) is 33.7 Å². The summed E-state index contributed by atoms with van der Waals surface area (Å²) in [5, 5.41) is 23.3. The standard InChI is InChI=1S/C21H20FN7O/c1-12(24)7-18(25-2)16-10-27-21(29-11-13(8-23)28-20(16)29)26-9-15-14-5-6-30-19(14)4-3-17(15)22/h3-4,7,10-11,24-25H,5-6,9H2,1-2H3,(H,26,27)/b18-7-,24-12?. The molecule has 1 aromatic carbocycles. The van der Waals surface area contributed by atoms with Crippen LogP contribution in [0, 0.1) is 22.6 Å². The maximum absolute atomic E-state index is 14.4. The maximum atomic E-state index is 14.4. The Morgan fingerprint density at radius 3 is 3.03 bits per heavy atom. The Hall–Kier alpha value is -3.93. The number of nitrogens with zero attached hydrogens (tertiary/aromatic N) is 4. The summed E-state index contributed by atoms with van der Waals surface area (Å²) in [6.45, 7) is 2.43. The van der Waals surface area contributed by atoms with Crippen LogP contribution in [0.2, 0.25) is 0 Å². The molecular weight excluding hydrogens is 385 g/mol. The summed E-state index contributed by atoms with van der Waals surface area (Å²) in [6, 6.07) is 5.10. The van der Waals surface area contributed by atoms with Crippen molar-refractivity contribution in [1.29, 1.82) is 10.7 Å². The van der Waals surface area contributed by atoms with Crippen LogP contribution >= 0.6 is 0 Å². The number of anilines is 1. The summed E-state index contributed by atoms with van der Waals surface area (Å²) in [5.74, 6) is 0.840. The molecule has 0 bridgehead atoms. The largest absolute Gasteiger partial charge is 0.493 e. The number of halogens is 1. The van der Waals surface area contributed by atoms with Gasteiger partial charge in [0.05, 0.1) is 18.4 Å². The van der Waals surface area contributed by atoms with Crippen molar-refractivity contribution < 1.29 is 9.13 Å². The van der Waals surface area contributed by atoms with Crippen LogP contribution in [0.3, 0.4) is 0 Å². The molecule has 0 saturated carbocycles. The van der Waals surface area contributed by atoms with E-state index in [0.717, 1.165) is 5.56 Å². The molecule has 0 radical (unpaired) electrons. The van der Waals surface area contributed by atoms with E-state index < -0.39 is 0 Å². The van der Waals surface area contributed by atoms with Gasteiger partial charge in [-0.1, -0.05) is 0 Å². The van der Waals surface area contributed by atoms with Gasteiger partial charge in [-0.15, -0.1) is 0 Å². The highest BCUT2D eigenvalue weighted by molar-refractivity contribution is 5.98. The van der Waals surface area contributed by atoms with Crippen LogP contribution in [-0.2, 0) is 13.0 Å². The van der Waals surface area contributed by atoms with Crippen molar-refractivity contribution in [3.8, 4) is 11.8 Å². The smallest absolute Gasteiger partial charge is 0.208 e. The van der Waals surface area contributed by atoms with E-state index in [2.05, 4.69) is 20.6 Å². The summed E-state index contributed by atoms with van der Waals surface area (Å²) in [5.41, 5.74) is 3.81. The average molecular weight is 405 g/mol. The number of benzene rings is 1. The van der Waals surface area contributed by atoms with Crippen LogP contribution in [0.1, 0.15) is 29.3 Å². The Bertz CT molecular complexity index is 1220. The zero-order chi connectivity index (χ0) is 21.3. The number of hydrogen-bond acceptors (Lipinski definition) is 7. The molecule has 0 fully saturated rings. The molecule has 0 atom stereocenters. The summed E-state index contributed by atoms with van der Waals surface area (Å²) in [7, 11) is 1.74. The van der Waals surface area contributed by atoms with Crippen molar-refractivity contribution in [3.63, 3.8) is 0 Å². The SMILES string of the molecule is CN/C(=C\C(C)=N)c1cnc(NCc2c(F)ccc3c2CCO3)n2cc(C#N)nc12. The minimum absolute atomic E-state index is 0.216. The topological polar surface area (TPSA) is 111 Å². The molecule has 9 heteroatoms. The van der Waals surface area contributed by atoms with Crippen molar-refractivity contribution in [2.75, 3.05) is 19.0 Å². The van der Waals surface area contributed by atoms with Crippen molar-refractivity contribution in [2.24, 2.45) is 0 Å². The number of fused-ring (bicyclic) bond motifs is 2. The lowest BCUT2D eigenvalue weighted by atomic mass is 10.0.